The molecule has 0 unspecified atom stereocenters. The third-order valence-corrected chi connectivity index (χ3v) is 3.97. The van der Waals surface area contributed by atoms with Gasteiger partial charge in [-0.25, -0.2) is 0 Å². The number of benzene rings is 1. The van der Waals surface area contributed by atoms with E-state index in [4.69, 9.17) is 4.99 Å². The number of hydrogen-bond acceptors (Lipinski definition) is 1. The fraction of sp³-hybridized carbons (Fsp3) is 0.562. The largest absolute Gasteiger partial charge is 0.356 e. The van der Waals surface area contributed by atoms with Gasteiger partial charge in [-0.1, -0.05) is 31.0 Å². The maximum atomic E-state index is 4.81. The summed E-state index contributed by atoms with van der Waals surface area (Å²) in [7, 11) is 0. The monoisotopic (exact) mass is 257 g/mol. The first-order chi connectivity index (χ1) is 9.38. The van der Waals surface area contributed by atoms with Crippen molar-refractivity contribution in [1.82, 2.24) is 5.32 Å². The molecule has 1 saturated carbocycles. The van der Waals surface area contributed by atoms with Gasteiger partial charge in [0, 0.05) is 25.3 Å². The molecular formula is C16H23N3. The van der Waals surface area contributed by atoms with E-state index in [1.54, 1.807) is 0 Å². The number of nitrogens with zero attached hydrogens (tertiary/aromatic N) is 2. The van der Waals surface area contributed by atoms with Gasteiger partial charge in [0.05, 0.1) is 0 Å². The lowest BCUT2D eigenvalue weighted by Gasteiger charge is -2.22. The van der Waals surface area contributed by atoms with Gasteiger partial charge in [0.1, 0.15) is 0 Å². The Labute approximate surface area is 115 Å². The fourth-order valence-electron chi connectivity index (χ4n) is 2.71. The summed E-state index contributed by atoms with van der Waals surface area (Å²) in [6.45, 7) is 5.08. The van der Waals surface area contributed by atoms with Gasteiger partial charge >= 0.3 is 0 Å². The van der Waals surface area contributed by atoms with Crippen LogP contribution in [-0.2, 0) is 6.42 Å². The van der Waals surface area contributed by atoms with E-state index in [1.807, 2.05) is 0 Å². The number of aliphatic imine (C=N–C) groups is 1. The van der Waals surface area contributed by atoms with Gasteiger partial charge < -0.3 is 10.2 Å². The van der Waals surface area contributed by atoms with E-state index in [1.165, 1.54) is 30.5 Å². The molecule has 1 heterocycles. The van der Waals surface area contributed by atoms with Crippen LogP contribution in [0.4, 0.5) is 5.69 Å². The highest BCUT2D eigenvalue weighted by atomic mass is 15.3. The maximum Gasteiger partial charge on any atom is 0.198 e. The second-order valence-electron chi connectivity index (χ2n) is 5.50. The van der Waals surface area contributed by atoms with Crippen molar-refractivity contribution in [2.45, 2.75) is 32.6 Å². The highest BCUT2D eigenvalue weighted by molar-refractivity contribution is 5.97. The zero-order valence-corrected chi connectivity index (χ0v) is 11.7. The van der Waals surface area contributed by atoms with E-state index in [-0.39, 0.29) is 0 Å². The molecule has 0 radical (unpaired) electrons. The summed E-state index contributed by atoms with van der Waals surface area (Å²) in [6.07, 6.45) is 5.21. The first kappa shape index (κ1) is 12.5. The van der Waals surface area contributed by atoms with Gasteiger partial charge in [-0.2, -0.15) is 0 Å². The molecule has 1 aromatic rings. The molecule has 1 N–H and O–H groups in total. The molecule has 102 valence electrons. The highest BCUT2D eigenvalue weighted by Gasteiger charge is 2.23. The lowest BCUT2D eigenvalue weighted by Crippen LogP contribution is -2.40. The quantitative estimate of drug-likeness (QED) is 0.663. The first-order valence-corrected chi connectivity index (χ1v) is 7.52. The summed E-state index contributed by atoms with van der Waals surface area (Å²) in [5, 5.41) is 3.44. The normalized spacial score (nSPS) is 18.6. The molecule has 1 aliphatic heterocycles. The SMILES string of the molecule is CCNC(=NCCC1CC1)N1CCc2ccccc21. The standard InChI is InChI=1S/C16H23N3/c1-2-17-16(18-11-9-13-7-8-13)19-12-10-14-5-3-4-6-15(14)19/h3-6,13H,2,7-12H2,1H3,(H,17,18). The lowest BCUT2D eigenvalue weighted by atomic mass is 10.2. The van der Waals surface area contributed by atoms with Gasteiger partial charge in [0.25, 0.3) is 0 Å². The molecule has 1 aliphatic carbocycles. The summed E-state index contributed by atoms with van der Waals surface area (Å²) in [5.74, 6) is 2.02. The lowest BCUT2D eigenvalue weighted by molar-refractivity contribution is 0.732. The van der Waals surface area contributed by atoms with Crippen LogP contribution < -0.4 is 10.2 Å². The van der Waals surface area contributed by atoms with E-state index in [2.05, 4.69) is 41.4 Å². The number of rotatable bonds is 4. The molecule has 0 bridgehead atoms. The molecule has 3 rings (SSSR count). The van der Waals surface area contributed by atoms with Crippen molar-refractivity contribution < 1.29 is 0 Å². The maximum absolute atomic E-state index is 4.81. The Kier molecular flexibility index (Phi) is 3.72. The van der Waals surface area contributed by atoms with Crippen LogP contribution in [0.15, 0.2) is 29.3 Å². The number of anilines is 1. The second kappa shape index (κ2) is 5.64. The van der Waals surface area contributed by atoms with Crippen molar-refractivity contribution in [1.29, 1.82) is 0 Å². The van der Waals surface area contributed by atoms with Crippen LogP contribution in [0.1, 0.15) is 31.7 Å². The molecule has 0 amide bonds. The molecule has 1 fully saturated rings. The van der Waals surface area contributed by atoms with Crippen LogP contribution in [0.3, 0.4) is 0 Å². The van der Waals surface area contributed by atoms with Crippen LogP contribution in [0.2, 0.25) is 0 Å². The number of nitrogens with one attached hydrogen (secondary N) is 1. The number of hydrogen-bond donors (Lipinski definition) is 1. The third-order valence-electron chi connectivity index (χ3n) is 3.97. The first-order valence-electron chi connectivity index (χ1n) is 7.52. The Hall–Kier alpha value is -1.51. The Morgan fingerprint density at radius 3 is 3.00 bits per heavy atom. The molecule has 2 aliphatic rings. The Balaban J connectivity index is 1.72. The minimum absolute atomic E-state index is 0.931. The predicted molar refractivity (Wildman–Crippen MR) is 80.8 cm³/mol. The third kappa shape index (κ3) is 2.91. The Morgan fingerprint density at radius 1 is 1.37 bits per heavy atom. The van der Waals surface area contributed by atoms with E-state index < -0.39 is 0 Å². The number of para-hydroxylation sites is 1. The van der Waals surface area contributed by atoms with Crippen molar-refractivity contribution in [3.05, 3.63) is 29.8 Å². The van der Waals surface area contributed by atoms with E-state index >= 15 is 0 Å². The van der Waals surface area contributed by atoms with E-state index in [0.29, 0.717) is 0 Å². The average Bonchev–Trinajstić information content (AvgIpc) is 3.16. The van der Waals surface area contributed by atoms with E-state index in [9.17, 15) is 0 Å². The summed E-state index contributed by atoms with van der Waals surface area (Å²) in [6, 6.07) is 8.67. The second-order valence-corrected chi connectivity index (χ2v) is 5.50. The van der Waals surface area contributed by atoms with Crippen molar-refractivity contribution in [3.8, 4) is 0 Å². The molecule has 1 aromatic carbocycles. The van der Waals surface area contributed by atoms with Crippen molar-refractivity contribution in [2.24, 2.45) is 10.9 Å². The Bertz CT molecular complexity index is 463. The zero-order valence-electron chi connectivity index (χ0n) is 11.7. The van der Waals surface area contributed by atoms with Crippen molar-refractivity contribution in [2.75, 3.05) is 24.5 Å². The zero-order chi connectivity index (χ0) is 13.1. The summed E-state index contributed by atoms with van der Waals surface area (Å²) in [4.78, 5) is 7.14. The molecule has 3 nitrogen and oxygen atoms in total. The Morgan fingerprint density at radius 2 is 2.21 bits per heavy atom. The van der Waals surface area contributed by atoms with Gasteiger partial charge in [0.2, 0.25) is 0 Å². The smallest absolute Gasteiger partial charge is 0.198 e. The molecule has 3 heteroatoms. The molecule has 0 spiro atoms. The van der Waals surface area contributed by atoms with Crippen molar-refractivity contribution in [3.63, 3.8) is 0 Å². The van der Waals surface area contributed by atoms with Crippen molar-refractivity contribution >= 4 is 11.6 Å². The van der Waals surface area contributed by atoms with Crippen LogP contribution in [0, 0.1) is 5.92 Å². The van der Waals surface area contributed by atoms with Crippen LogP contribution in [0.5, 0.6) is 0 Å². The summed E-state index contributed by atoms with van der Waals surface area (Å²) >= 11 is 0. The summed E-state index contributed by atoms with van der Waals surface area (Å²) < 4.78 is 0. The minimum atomic E-state index is 0.931. The predicted octanol–water partition coefficient (Wildman–Crippen LogP) is 2.81. The molecule has 0 saturated heterocycles. The van der Waals surface area contributed by atoms with Crippen LogP contribution in [-0.4, -0.2) is 25.6 Å². The summed E-state index contributed by atoms with van der Waals surface area (Å²) in [5.41, 5.74) is 2.77. The van der Waals surface area contributed by atoms with Gasteiger partial charge in [0.15, 0.2) is 5.96 Å². The molecule has 19 heavy (non-hydrogen) atoms. The van der Waals surface area contributed by atoms with Gasteiger partial charge in [-0.3, -0.25) is 4.99 Å². The topological polar surface area (TPSA) is 27.6 Å². The molecular weight excluding hydrogens is 234 g/mol. The minimum Gasteiger partial charge on any atom is -0.356 e. The number of guanidine groups is 1. The van der Waals surface area contributed by atoms with E-state index in [0.717, 1.165) is 37.9 Å². The molecule has 0 atom stereocenters. The van der Waals surface area contributed by atoms with Gasteiger partial charge in [-0.05, 0) is 37.3 Å². The average molecular weight is 257 g/mol. The highest BCUT2D eigenvalue weighted by Crippen LogP contribution is 2.32. The van der Waals surface area contributed by atoms with Crippen LogP contribution in [0.25, 0.3) is 0 Å². The van der Waals surface area contributed by atoms with Gasteiger partial charge in [-0.15, -0.1) is 0 Å². The molecule has 0 aromatic heterocycles. The fourth-order valence-corrected chi connectivity index (χ4v) is 2.71. The van der Waals surface area contributed by atoms with Crippen LogP contribution >= 0.6 is 0 Å². The number of fused-ring (bicyclic) bond motifs is 1.